The third kappa shape index (κ3) is 3.64. The Labute approximate surface area is 117 Å². The van der Waals surface area contributed by atoms with E-state index < -0.39 is 0 Å². The molecule has 0 aliphatic heterocycles. The summed E-state index contributed by atoms with van der Waals surface area (Å²) in [7, 11) is 1.86. The zero-order chi connectivity index (χ0) is 13.7. The molecule has 6 heteroatoms. The van der Waals surface area contributed by atoms with Gasteiger partial charge in [0.1, 0.15) is 22.5 Å². The molecule has 0 amide bonds. The molecule has 2 rings (SSSR count). The van der Waals surface area contributed by atoms with Crippen molar-refractivity contribution in [3.8, 4) is 0 Å². The van der Waals surface area contributed by atoms with Crippen LogP contribution in [-0.4, -0.2) is 22.0 Å². The van der Waals surface area contributed by atoms with Gasteiger partial charge in [-0.05, 0) is 6.42 Å². The van der Waals surface area contributed by atoms with Gasteiger partial charge in [-0.15, -0.1) is 11.3 Å². The summed E-state index contributed by atoms with van der Waals surface area (Å²) in [6.45, 7) is 4.89. The Morgan fingerprint density at radius 3 is 2.58 bits per heavy atom. The smallest absolute Gasteiger partial charge is 0.132 e. The fourth-order valence-corrected chi connectivity index (χ4v) is 2.44. The predicted molar refractivity (Wildman–Crippen MR) is 79.8 cm³/mol. The van der Waals surface area contributed by atoms with Gasteiger partial charge in [0.15, 0.2) is 0 Å². The molecule has 0 unspecified atom stereocenters. The summed E-state index contributed by atoms with van der Waals surface area (Å²) in [5.74, 6) is 2.51. The minimum atomic E-state index is 0.702. The van der Waals surface area contributed by atoms with E-state index in [-0.39, 0.29) is 0 Å². The van der Waals surface area contributed by atoms with Crippen LogP contribution in [0.25, 0.3) is 0 Å². The third-order valence-corrected chi connectivity index (χ3v) is 3.86. The maximum atomic E-state index is 4.46. The molecule has 0 saturated heterocycles. The summed E-state index contributed by atoms with van der Waals surface area (Å²) in [5.41, 5.74) is 0. The SMILES string of the molecule is CCc1nc(NC)cc(NCc2ncc(CC)s2)n1. The molecule has 5 nitrogen and oxygen atoms in total. The van der Waals surface area contributed by atoms with Crippen molar-refractivity contribution in [2.75, 3.05) is 17.7 Å². The zero-order valence-electron chi connectivity index (χ0n) is 11.5. The summed E-state index contributed by atoms with van der Waals surface area (Å²) >= 11 is 1.74. The van der Waals surface area contributed by atoms with E-state index in [1.807, 2.05) is 26.2 Å². The summed E-state index contributed by atoms with van der Waals surface area (Å²) in [6, 6.07) is 1.91. The average molecular weight is 277 g/mol. The van der Waals surface area contributed by atoms with E-state index in [1.54, 1.807) is 11.3 Å². The second-order valence-corrected chi connectivity index (χ2v) is 5.29. The quantitative estimate of drug-likeness (QED) is 0.850. The minimum absolute atomic E-state index is 0.702. The minimum Gasteiger partial charge on any atom is -0.373 e. The van der Waals surface area contributed by atoms with Crippen LogP contribution in [0.15, 0.2) is 12.3 Å². The highest BCUT2D eigenvalue weighted by atomic mass is 32.1. The molecule has 0 aromatic carbocycles. The number of aryl methyl sites for hydroxylation is 2. The Balaban J connectivity index is 2.05. The van der Waals surface area contributed by atoms with Gasteiger partial charge in [-0.2, -0.15) is 0 Å². The normalized spacial score (nSPS) is 10.5. The first-order chi connectivity index (χ1) is 9.25. The predicted octanol–water partition coefficient (Wildman–Crippen LogP) is 2.71. The Morgan fingerprint density at radius 1 is 1.16 bits per heavy atom. The topological polar surface area (TPSA) is 62.7 Å². The molecule has 0 fully saturated rings. The van der Waals surface area contributed by atoms with Crippen LogP contribution in [0.5, 0.6) is 0 Å². The Hall–Kier alpha value is -1.69. The molecule has 0 atom stereocenters. The third-order valence-electron chi connectivity index (χ3n) is 2.72. The van der Waals surface area contributed by atoms with Crippen LogP contribution in [0.2, 0.25) is 0 Å². The van der Waals surface area contributed by atoms with Crippen LogP contribution in [0.1, 0.15) is 29.6 Å². The van der Waals surface area contributed by atoms with Crippen molar-refractivity contribution in [2.24, 2.45) is 0 Å². The highest BCUT2D eigenvalue weighted by Gasteiger charge is 2.04. The summed E-state index contributed by atoms with van der Waals surface area (Å²) in [6.07, 6.45) is 3.80. The lowest BCUT2D eigenvalue weighted by Crippen LogP contribution is -2.06. The van der Waals surface area contributed by atoms with Gasteiger partial charge < -0.3 is 10.6 Å². The van der Waals surface area contributed by atoms with Crippen LogP contribution in [-0.2, 0) is 19.4 Å². The van der Waals surface area contributed by atoms with E-state index in [0.29, 0.717) is 6.54 Å². The summed E-state index contributed by atoms with van der Waals surface area (Å²) in [4.78, 5) is 14.5. The van der Waals surface area contributed by atoms with Crippen molar-refractivity contribution in [1.29, 1.82) is 0 Å². The molecule has 0 aliphatic carbocycles. The summed E-state index contributed by atoms with van der Waals surface area (Å²) < 4.78 is 0. The zero-order valence-corrected chi connectivity index (χ0v) is 12.3. The van der Waals surface area contributed by atoms with Gasteiger partial charge in [0.25, 0.3) is 0 Å². The molecule has 2 heterocycles. The van der Waals surface area contributed by atoms with Gasteiger partial charge in [-0.1, -0.05) is 13.8 Å². The largest absolute Gasteiger partial charge is 0.373 e. The van der Waals surface area contributed by atoms with E-state index in [9.17, 15) is 0 Å². The fourth-order valence-electron chi connectivity index (χ4n) is 1.63. The highest BCUT2D eigenvalue weighted by molar-refractivity contribution is 7.11. The number of nitrogens with zero attached hydrogens (tertiary/aromatic N) is 3. The number of nitrogens with one attached hydrogen (secondary N) is 2. The number of anilines is 2. The second-order valence-electron chi connectivity index (χ2n) is 4.09. The standard InChI is InChI=1S/C13H19N5S/c1-4-9-7-16-13(19-9)8-15-12-6-11(14-3)17-10(5-2)18-12/h6-7H,4-5,8H2,1-3H3,(H2,14,15,17,18). The number of hydrogen-bond acceptors (Lipinski definition) is 6. The van der Waals surface area contributed by atoms with Crippen molar-refractivity contribution in [3.05, 3.63) is 28.0 Å². The van der Waals surface area contributed by atoms with Gasteiger partial charge >= 0.3 is 0 Å². The van der Waals surface area contributed by atoms with E-state index in [1.165, 1.54) is 4.88 Å². The molecule has 0 spiro atoms. The molecule has 2 aromatic rings. The first kappa shape index (κ1) is 13.7. The molecule has 2 N–H and O–H groups in total. The molecule has 0 saturated carbocycles. The molecular weight excluding hydrogens is 258 g/mol. The number of hydrogen-bond donors (Lipinski definition) is 2. The van der Waals surface area contributed by atoms with Crippen molar-refractivity contribution < 1.29 is 0 Å². The van der Waals surface area contributed by atoms with Crippen LogP contribution < -0.4 is 10.6 Å². The monoisotopic (exact) mass is 277 g/mol. The van der Waals surface area contributed by atoms with Gasteiger partial charge in [0.05, 0.1) is 6.54 Å². The first-order valence-electron chi connectivity index (χ1n) is 6.48. The molecule has 0 radical (unpaired) electrons. The molecular formula is C13H19N5S. The Morgan fingerprint density at radius 2 is 1.95 bits per heavy atom. The molecule has 0 bridgehead atoms. The fraction of sp³-hybridized carbons (Fsp3) is 0.462. The number of rotatable bonds is 6. The van der Waals surface area contributed by atoms with Crippen LogP contribution in [0, 0.1) is 0 Å². The maximum Gasteiger partial charge on any atom is 0.132 e. The van der Waals surface area contributed by atoms with E-state index in [2.05, 4.69) is 32.5 Å². The van der Waals surface area contributed by atoms with Crippen molar-refractivity contribution in [3.63, 3.8) is 0 Å². The lowest BCUT2D eigenvalue weighted by atomic mass is 10.4. The van der Waals surface area contributed by atoms with Crippen LogP contribution >= 0.6 is 11.3 Å². The van der Waals surface area contributed by atoms with Crippen molar-refractivity contribution in [1.82, 2.24) is 15.0 Å². The Kier molecular flexibility index (Phi) is 4.68. The van der Waals surface area contributed by atoms with Gasteiger partial charge in [-0.25, -0.2) is 15.0 Å². The molecule has 0 aliphatic rings. The van der Waals surface area contributed by atoms with E-state index in [0.717, 1.165) is 35.3 Å². The van der Waals surface area contributed by atoms with Crippen LogP contribution in [0.3, 0.4) is 0 Å². The molecule has 2 aromatic heterocycles. The highest BCUT2D eigenvalue weighted by Crippen LogP contribution is 2.16. The van der Waals surface area contributed by atoms with Crippen molar-refractivity contribution >= 4 is 23.0 Å². The molecule has 102 valence electrons. The van der Waals surface area contributed by atoms with Gasteiger partial charge in [0.2, 0.25) is 0 Å². The van der Waals surface area contributed by atoms with E-state index in [4.69, 9.17) is 0 Å². The number of aromatic nitrogens is 3. The maximum absolute atomic E-state index is 4.46. The van der Waals surface area contributed by atoms with Crippen LogP contribution in [0.4, 0.5) is 11.6 Å². The number of thiazole rings is 1. The van der Waals surface area contributed by atoms with Gasteiger partial charge in [0, 0.05) is 30.6 Å². The van der Waals surface area contributed by atoms with E-state index >= 15 is 0 Å². The Bertz CT molecular complexity index is 515. The summed E-state index contributed by atoms with van der Waals surface area (Å²) in [5, 5.41) is 7.44. The lowest BCUT2D eigenvalue weighted by Gasteiger charge is -2.07. The first-order valence-corrected chi connectivity index (χ1v) is 7.30. The average Bonchev–Trinajstić information content (AvgIpc) is 2.92. The van der Waals surface area contributed by atoms with Gasteiger partial charge in [-0.3, -0.25) is 0 Å². The van der Waals surface area contributed by atoms with Crippen molar-refractivity contribution in [2.45, 2.75) is 33.2 Å². The lowest BCUT2D eigenvalue weighted by molar-refractivity contribution is 0.933. The second kappa shape index (κ2) is 6.47. The molecule has 19 heavy (non-hydrogen) atoms.